The maximum absolute atomic E-state index is 12.9. The fourth-order valence-corrected chi connectivity index (χ4v) is 5.32. The molecular weight excluding hydrogens is 496 g/mol. The Labute approximate surface area is 224 Å². The molecule has 10 nitrogen and oxygen atoms in total. The van der Waals surface area contributed by atoms with Crippen molar-refractivity contribution in [3.05, 3.63) is 49.1 Å². The second kappa shape index (κ2) is 10.3. The van der Waals surface area contributed by atoms with E-state index in [-0.39, 0.29) is 12.1 Å². The Morgan fingerprint density at radius 3 is 2.55 bits per heavy atom. The highest BCUT2D eigenvalue weighted by Crippen LogP contribution is 2.30. The van der Waals surface area contributed by atoms with Gasteiger partial charge in [0.2, 0.25) is 0 Å². The van der Waals surface area contributed by atoms with Crippen LogP contribution in [0, 0.1) is 5.92 Å². The molecule has 0 bridgehead atoms. The first-order chi connectivity index (χ1) is 18.1. The lowest BCUT2D eigenvalue weighted by atomic mass is 10.0. The summed E-state index contributed by atoms with van der Waals surface area (Å²) >= 11 is 0. The number of amides is 2. The zero-order chi connectivity index (χ0) is 27.0. The minimum Gasteiger partial charge on any atom is -0.359 e. The van der Waals surface area contributed by atoms with Crippen LogP contribution in [0.25, 0.3) is 28.2 Å². The van der Waals surface area contributed by atoms with E-state index in [1.54, 1.807) is 25.3 Å². The smallest absolute Gasteiger partial charge is 0.325 e. The van der Waals surface area contributed by atoms with E-state index in [1.807, 2.05) is 49.8 Å². The van der Waals surface area contributed by atoms with Crippen LogP contribution in [0.5, 0.6) is 0 Å². The van der Waals surface area contributed by atoms with Gasteiger partial charge in [0, 0.05) is 45.6 Å². The molecule has 1 fully saturated rings. The fraction of sp³-hybridized carbons (Fsp3) is 0.444. The second-order valence-electron chi connectivity index (χ2n) is 11.5. The number of benzene rings is 1. The summed E-state index contributed by atoms with van der Waals surface area (Å²) in [7, 11) is 0.723. The Morgan fingerprint density at radius 1 is 1.11 bits per heavy atom. The summed E-state index contributed by atoms with van der Waals surface area (Å²) in [5.41, 5.74) is 3.50. The Balaban J connectivity index is 1.34. The van der Waals surface area contributed by atoms with E-state index in [9.17, 15) is 4.79 Å². The predicted octanol–water partition coefficient (Wildman–Crippen LogP) is 4.86. The topological polar surface area (TPSA) is 93.7 Å². The van der Waals surface area contributed by atoms with Gasteiger partial charge in [0.25, 0.3) is 0 Å². The van der Waals surface area contributed by atoms with E-state index in [1.165, 1.54) is 0 Å². The van der Waals surface area contributed by atoms with Crippen molar-refractivity contribution >= 4 is 25.6 Å². The maximum Gasteiger partial charge on any atom is 0.325 e. The summed E-state index contributed by atoms with van der Waals surface area (Å²) in [4.78, 5) is 25.8. The monoisotopic (exact) mass is 532 g/mol. The fourth-order valence-electron chi connectivity index (χ4n) is 4.56. The third kappa shape index (κ3) is 5.34. The van der Waals surface area contributed by atoms with Gasteiger partial charge < -0.3 is 9.64 Å². The zero-order valence-electron chi connectivity index (χ0n) is 23.0. The molecule has 1 aromatic carbocycles. The quantitative estimate of drug-likeness (QED) is 0.226. The van der Waals surface area contributed by atoms with Crippen molar-refractivity contribution in [2.24, 2.45) is 5.92 Å². The molecule has 0 saturated carbocycles. The predicted molar refractivity (Wildman–Crippen MR) is 151 cm³/mol. The summed E-state index contributed by atoms with van der Waals surface area (Å²) in [5.74, 6) is 1.61. The molecule has 1 saturated heterocycles. The van der Waals surface area contributed by atoms with Crippen molar-refractivity contribution in [1.82, 2.24) is 34.3 Å². The van der Waals surface area contributed by atoms with Gasteiger partial charge >= 0.3 is 6.03 Å². The Morgan fingerprint density at radius 2 is 1.84 bits per heavy atom. The number of ether oxygens (including phenoxy) is 1. The van der Waals surface area contributed by atoms with Crippen molar-refractivity contribution in [3.63, 3.8) is 0 Å². The number of fused-ring (bicyclic) bond motifs is 1. The number of likely N-dealkylation sites (N-methyl/N-ethyl adjacent to an activating group) is 1. The third-order valence-corrected chi connectivity index (χ3v) is 8.61. The second-order valence-corrected chi connectivity index (χ2v) is 17.1. The van der Waals surface area contributed by atoms with Crippen LogP contribution in [0.2, 0.25) is 25.7 Å². The first-order valence-electron chi connectivity index (χ1n) is 13.1. The Bertz CT molecular complexity index is 1420. The first-order valence-corrected chi connectivity index (χ1v) is 16.8. The molecule has 4 aromatic rings. The molecule has 0 aliphatic carbocycles. The van der Waals surface area contributed by atoms with E-state index in [0.717, 1.165) is 29.3 Å². The van der Waals surface area contributed by atoms with Crippen LogP contribution in [0.15, 0.2) is 49.1 Å². The number of aromatic nitrogens is 6. The SMILES string of the molecule is CC(C)C1CN(C)C(=O)N1c1ccn2ncc(-c3ccc(-c4ncn(COCC[Si](C)(C)C)n4)cc3)c2n1. The van der Waals surface area contributed by atoms with E-state index in [0.29, 0.717) is 36.5 Å². The number of nitrogens with zero attached hydrogens (tertiary/aromatic N) is 8. The van der Waals surface area contributed by atoms with E-state index >= 15 is 0 Å². The largest absolute Gasteiger partial charge is 0.359 e. The van der Waals surface area contributed by atoms with Crippen LogP contribution in [-0.4, -0.2) is 74.6 Å². The van der Waals surface area contributed by atoms with Gasteiger partial charge in [-0.3, -0.25) is 4.90 Å². The van der Waals surface area contributed by atoms with Gasteiger partial charge in [-0.1, -0.05) is 57.8 Å². The molecule has 1 unspecified atom stereocenters. The molecule has 3 aromatic heterocycles. The molecule has 5 rings (SSSR count). The number of anilines is 1. The lowest BCUT2D eigenvalue weighted by Crippen LogP contribution is -2.38. The van der Waals surface area contributed by atoms with Gasteiger partial charge in [-0.15, -0.1) is 5.10 Å². The number of rotatable bonds is 9. The average Bonchev–Trinajstić information content (AvgIpc) is 3.59. The van der Waals surface area contributed by atoms with Gasteiger partial charge in [-0.2, -0.15) is 5.10 Å². The van der Waals surface area contributed by atoms with Gasteiger partial charge in [-0.05, 0) is 23.6 Å². The van der Waals surface area contributed by atoms with Crippen molar-refractivity contribution in [2.75, 3.05) is 25.1 Å². The summed E-state index contributed by atoms with van der Waals surface area (Å²) < 4.78 is 9.25. The minimum absolute atomic E-state index is 0.0284. The van der Waals surface area contributed by atoms with Crippen LogP contribution in [-0.2, 0) is 11.5 Å². The number of urea groups is 1. The number of hydrogen-bond acceptors (Lipinski definition) is 6. The van der Waals surface area contributed by atoms with Gasteiger partial charge in [-0.25, -0.2) is 24.0 Å². The molecule has 0 spiro atoms. The molecule has 2 amide bonds. The average molecular weight is 533 g/mol. The summed E-state index contributed by atoms with van der Waals surface area (Å²) in [6, 6.07) is 11.1. The standard InChI is InChI=1S/C27H36N8O2Si/c1-19(2)23-16-32(3)27(36)35(23)24-11-12-34-26(30-24)22(15-29-34)20-7-9-21(10-8-20)25-28-17-33(31-25)18-37-13-14-38(4,5)6/h7-12,15,17,19,23H,13-14,16,18H2,1-6H3. The van der Waals surface area contributed by atoms with E-state index in [2.05, 4.69) is 48.7 Å². The van der Waals surface area contributed by atoms with Crippen LogP contribution in [0.1, 0.15) is 13.8 Å². The molecule has 4 heterocycles. The molecule has 1 atom stereocenters. The normalized spacial score (nSPS) is 16.4. The molecule has 1 aliphatic rings. The van der Waals surface area contributed by atoms with Gasteiger partial charge in [0.1, 0.15) is 18.9 Å². The maximum atomic E-state index is 12.9. The lowest BCUT2D eigenvalue weighted by molar-refractivity contribution is 0.0785. The van der Waals surface area contributed by atoms with Gasteiger partial charge in [0.15, 0.2) is 11.5 Å². The van der Waals surface area contributed by atoms with Crippen LogP contribution >= 0.6 is 0 Å². The number of carbonyl (C=O) groups is 1. The molecule has 200 valence electrons. The molecule has 0 N–H and O–H groups in total. The van der Waals surface area contributed by atoms with Crippen molar-refractivity contribution in [3.8, 4) is 22.5 Å². The molecule has 1 aliphatic heterocycles. The van der Waals surface area contributed by atoms with Crippen LogP contribution < -0.4 is 4.90 Å². The van der Waals surface area contributed by atoms with Crippen molar-refractivity contribution < 1.29 is 9.53 Å². The number of carbonyl (C=O) groups excluding carboxylic acids is 1. The zero-order valence-corrected chi connectivity index (χ0v) is 24.0. The third-order valence-electron chi connectivity index (χ3n) is 6.91. The Hall–Kier alpha value is -3.57. The highest BCUT2D eigenvalue weighted by molar-refractivity contribution is 6.76. The van der Waals surface area contributed by atoms with E-state index < -0.39 is 8.07 Å². The van der Waals surface area contributed by atoms with Crippen molar-refractivity contribution in [1.29, 1.82) is 0 Å². The van der Waals surface area contributed by atoms with Crippen LogP contribution in [0.3, 0.4) is 0 Å². The van der Waals surface area contributed by atoms with E-state index in [4.69, 9.17) is 9.72 Å². The summed E-state index contributed by atoms with van der Waals surface area (Å²) in [6.45, 7) is 13.1. The highest BCUT2D eigenvalue weighted by Gasteiger charge is 2.38. The Kier molecular flexibility index (Phi) is 7.06. The lowest BCUT2D eigenvalue weighted by Gasteiger charge is -2.25. The minimum atomic E-state index is -1.11. The summed E-state index contributed by atoms with van der Waals surface area (Å²) in [5, 5.41) is 9.05. The van der Waals surface area contributed by atoms with Crippen molar-refractivity contribution in [2.45, 2.75) is 52.3 Å². The van der Waals surface area contributed by atoms with Crippen LogP contribution in [0.4, 0.5) is 10.6 Å². The molecule has 0 radical (unpaired) electrons. The molecule has 11 heteroatoms. The highest BCUT2D eigenvalue weighted by atomic mass is 28.3. The first kappa shape index (κ1) is 26.1. The van der Waals surface area contributed by atoms with Gasteiger partial charge in [0.05, 0.1) is 12.2 Å². The number of hydrogen-bond donors (Lipinski definition) is 0. The summed E-state index contributed by atoms with van der Waals surface area (Å²) in [6.07, 6.45) is 5.38. The molecule has 38 heavy (non-hydrogen) atoms. The molecular formula is C27H36N8O2Si.